The monoisotopic (exact) mass is 315 g/mol. The average Bonchev–Trinajstić information content (AvgIpc) is 2.59. The first kappa shape index (κ1) is 16.7. The molecular formula is C18H21NO4. The fourth-order valence-corrected chi connectivity index (χ4v) is 2.36. The highest BCUT2D eigenvalue weighted by Crippen LogP contribution is 2.39. The van der Waals surface area contributed by atoms with Gasteiger partial charge in [-0.15, -0.1) is 0 Å². The van der Waals surface area contributed by atoms with Gasteiger partial charge in [-0.3, -0.25) is 4.79 Å². The molecule has 1 amide bonds. The second kappa shape index (κ2) is 7.54. The lowest BCUT2D eigenvalue weighted by molar-refractivity contribution is 0.0947. The van der Waals surface area contributed by atoms with Gasteiger partial charge in [-0.1, -0.05) is 24.3 Å². The maximum Gasteiger partial charge on any atom is 0.255 e. The molecule has 1 N–H and O–H groups in total. The summed E-state index contributed by atoms with van der Waals surface area (Å²) in [5, 5.41) is 2.90. The highest BCUT2D eigenvalue weighted by molar-refractivity contribution is 5.98. The first-order chi connectivity index (χ1) is 11.1. The van der Waals surface area contributed by atoms with Crippen molar-refractivity contribution in [1.82, 2.24) is 5.32 Å². The van der Waals surface area contributed by atoms with Crippen LogP contribution in [-0.2, 0) is 6.54 Å². The normalized spacial score (nSPS) is 10.1. The van der Waals surface area contributed by atoms with Crippen LogP contribution in [0.15, 0.2) is 36.4 Å². The summed E-state index contributed by atoms with van der Waals surface area (Å²) in [5.74, 6) is 1.04. The molecule has 0 aliphatic carbocycles. The Morgan fingerprint density at radius 2 is 1.65 bits per heavy atom. The Morgan fingerprint density at radius 1 is 0.957 bits per heavy atom. The smallest absolute Gasteiger partial charge is 0.255 e. The number of aryl methyl sites for hydroxylation is 1. The van der Waals surface area contributed by atoms with Crippen molar-refractivity contribution in [2.24, 2.45) is 0 Å². The molecule has 0 saturated carbocycles. The molecule has 0 fully saturated rings. The maximum absolute atomic E-state index is 12.5. The van der Waals surface area contributed by atoms with E-state index in [2.05, 4.69) is 5.32 Å². The predicted molar refractivity (Wildman–Crippen MR) is 88.4 cm³/mol. The Balaban J connectivity index is 2.24. The summed E-state index contributed by atoms with van der Waals surface area (Å²) in [6.07, 6.45) is 0. The van der Waals surface area contributed by atoms with Gasteiger partial charge >= 0.3 is 0 Å². The van der Waals surface area contributed by atoms with Crippen molar-refractivity contribution in [1.29, 1.82) is 0 Å². The van der Waals surface area contributed by atoms with Crippen LogP contribution in [0.5, 0.6) is 17.2 Å². The van der Waals surface area contributed by atoms with Gasteiger partial charge in [0.2, 0.25) is 5.75 Å². The lowest BCUT2D eigenvalue weighted by atomic mass is 10.1. The number of ether oxygens (including phenoxy) is 3. The largest absolute Gasteiger partial charge is 0.493 e. The molecule has 2 aromatic rings. The number of methoxy groups -OCH3 is 3. The van der Waals surface area contributed by atoms with E-state index in [9.17, 15) is 4.79 Å². The number of amides is 1. The Bertz CT molecular complexity index is 697. The molecule has 122 valence electrons. The van der Waals surface area contributed by atoms with Gasteiger partial charge in [0.15, 0.2) is 11.5 Å². The molecular weight excluding hydrogens is 294 g/mol. The summed E-state index contributed by atoms with van der Waals surface area (Å²) in [6, 6.07) is 11.3. The first-order valence-electron chi connectivity index (χ1n) is 7.24. The van der Waals surface area contributed by atoms with Crippen molar-refractivity contribution in [2.75, 3.05) is 21.3 Å². The molecule has 0 spiro atoms. The Hall–Kier alpha value is -2.69. The highest BCUT2D eigenvalue weighted by Gasteiger charge is 2.20. The topological polar surface area (TPSA) is 56.8 Å². The summed E-state index contributed by atoms with van der Waals surface area (Å²) < 4.78 is 15.9. The first-order valence-corrected chi connectivity index (χ1v) is 7.24. The summed E-state index contributed by atoms with van der Waals surface area (Å²) in [7, 11) is 4.54. The number of hydrogen-bond donors (Lipinski definition) is 1. The van der Waals surface area contributed by atoms with Crippen molar-refractivity contribution in [3.05, 3.63) is 53.1 Å². The van der Waals surface area contributed by atoms with E-state index in [0.29, 0.717) is 29.4 Å². The molecule has 0 aliphatic rings. The third-order valence-electron chi connectivity index (χ3n) is 3.65. The van der Waals surface area contributed by atoms with Crippen LogP contribution in [0.4, 0.5) is 0 Å². The summed E-state index contributed by atoms with van der Waals surface area (Å²) in [5.41, 5.74) is 2.60. The van der Waals surface area contributed by atoms with Crippen LogP contribution >= 0.6 is 0 Å². The summed E-state index contributed by atoms with van der Waals surface area (Å²) in [6.45, 7) is 2.46. The fourth-order valence-electron chi connectivity index (χ4n) is 2.36. The van der Waals surface area contributed by atoms with E-state index >= 15 is 0 Å². The average molecular weight is 315 g/mol. The van der Waals surface area contributed by atoms with Gasteiger partial charge < -0.3 is 19.5 Å². The Morgan fingerprint density at radius 3 is 2.26 bits per heavy atom. The van der Waals surface area contributed by atoms with E-state index in [0.717, 1.165) is 11.1 Å². The van der Waals surface area contributed by atoms with E-state index in [1.54, 1.807) is 12.1 Å². The van der Waals surface area contributed by atoms with E-state index in [1.807, 2.05) is 31.2 Å². The SMILES string of the molecule is COc1ccc(C(=O)NCc2ccccc2C)c(OC)c1OC. The minimum atomic E-state index is -0.231. The molecule has 0 atom stereocenters. The zero-order valence-electron chi connectivity index (χ0n) is 13.8. The molecule has 2 aromatic carbocycles. The van der Waals surface area contributed by atoms with Crippen LogP contribution in [0.3, 0.4) is 0 Å². The van der Waals surface area contributed by atoms with E-state index in [4.69, 9.17) is 14.2 Å². The van der Waals surface area contributed by atoms with E-state index < -0.39 is 0 Å². The van der Waals surface area contributed by atoms with Crippen molar-refractivity contribution in [2.45, 2.75) is 13.5 Å². The van der Waals surface area contributed by atoms with Crippen LogP contribution in [-0.4, -0.2) is 27.2 Å². The van der Waals surface area contributed by atoms with Gasteiger partial charge in [0.05, 0.1) is 26.9 Å². The van der Waals surface area contributed by atoms with Crippen LogP contribution in [0, 0.1) is 6.92 Å². The van der Waals surface area contributed by atoms with Gasteiger partial charge in [-0.25, -0.2) is 0 Å². The standard InChI is InChI=1S/C18H21NO4/c1-12-7-5-6-8-13(12)11-19-18(20)14-9-10-15(21-2)17(23-4)16(14)22-3/h5-10H,11H2,1-4H3,(H,19,20). The third kappa shape index (κ3) is 3.56. The third-order valence-corrected chi connectivity index (χ3v) is 3.65. The van der Waals surface area contributed by atoms with Gasteiger partial charge in [-0.05, 0) is 30.2 Å². The van der Waals surface area contributed by atoms with E-state index in [1.165, 1.54) is 21.3 Å². The van der Waals surface area contributed by atoms with Crippen molar-refractivity contribution < 1.29 is 19.0 Å². The van der Waals surface area contributed by atoms with Crippen LogP contribution < -0.4 is 19.5 Å². The minimum Gasteiger partial charge on any atom is -0.493 e. The number of benzene rings is 2. The fraction of sp³-hybridized carbons (Fsp3) is 0.278. The van der Waals surface area contributed by atoms with Crippen molar-refractivity contribution in [3.63, 3.8) is 0 Å². The molecule has 2 rings (SSSR count). The molecule has 0 bridgehead atoms. The number of hydrogen-bond acceptors (Lipinski definition) is 4. The summed E-state index contributed by atoms with van der Waals surface area (Å²) >= 11 is 0. The van der Waals surface area contributed by atoms with Crippen LogP contribution in [0.1, 0.15) is 21.5 Å². The quantitative estimate of drug-likeness (QED) is 0.890. The number of carbonyl (C=O) groups excluding carboxylic acids is 1. The molecule has 0 saturated heterocycles. The highest BCUT2D eigenvalue weighted by atomic mass is 16.5. The predicted octanol–water partition coefficient (Wildman–Crippen LogP) is 2.95. The van der Waals surface area contributed by atoms with Gasteiger partial charge in [-0.2, -0.15) is 0 Å². The van der Waals surface area contributed by atoms with Crippen molar-refractivity contribution in [3.8, 4) is 17.2 Å². The molecule has 23 heavy (non-hydrogen) atoms. The molecule has 0 unspecified atom stereocenters. The van der Waals surface area contributed by atoms with Crippen molar-refractivity contribution >= 4 is 5.91 Å². The van der Waals surface area contributed by atoms with E-state index in [-0.39, 0.29) is 5.91 Å². The van der Waals surface area contributed by atoms with Crippen LogP contribution in [0.25, 0.3) is 0 Å². The number of rotatable bonds is 6. The number of carbonyl (C=O) groups is 1. The Kier molecular flexibility index (Phi) is 5.46. The number of nitrogens with one attached hydrogen (secondary N) is 1. The second-order valence-electron chi connectivity index (χ2n) is 4.99. The Labute approximate surface area is 136 Å². The molecule has 0 aromatic heterocycles. The minimum absolute atomic E-state index is 0.231. The molecule has 0 heterocycles. The second-order valence-corrected chi connectivity index (χ2v) is 4.99. The zero-order chi connectivity index (χ0) is 16.8. The lowest BCUT2D eigenvalue weighted by Gasteiger charge is -2.15. The molecule has 5 nitrogen and oxygen atoms in total. The summed E-state index contributed by atoms with van der Waals surface area (Å²) in [4.78, 5) is 12.5. The molecule has 0 aliphatic heterocycles. The van der Waals surface area contributed by atoms with Gasteiger partial charge in [0.1, 0.15) is 0 Å². The zero-order valence-corrected chi connectivity index (χ0v) is 13.8. The van der Waals surface area contributed by atoms with Gasteiger partial charge in [0.25, 0.3) is 5.91 Å². The lowest BCUT2D eigenvalue weighted by Crippen LogP contribution is -2.24. The maximum atomic E-state index is 12.5. The molecule has 5 heteroatoms. The molecule has 0 radical (unpaired) electrons. The van der Waals surface area contributed by atoms with Gasteiger partial charge in [0, 0.05) is 6.54 Å². The van der Waals surface area contributed by atoms with Crippen LogP contribution in [0.2, 0.25) is 0 Å².